The largest absolute Gasteiger partial charge is 0.354 e. The van der Waals surface area contributed by atoms with Gasteiger partial charge < -0.3 is 10.2 Å². The fraction of sp³-hybridized carbons (Fsp3) is 0.417. The second-order valence-corrected chi connectivity index (χ2v) is 9.98. The third kappa shape index (κ3) is 5.12. The van der Waals surface area contributed by atoms with E-state index in [-0.39, 0.29) is 16.7 Å². The van der Waals surface area contributed by atoms with Crippen LogP contribution in [0.1, 0.15) is 53.2 Å². The van der Waals surface area contributed by atoms with E-state index in [0.717, 1.165) is 18.4 Å². The average Bonchev–Trinajstić information content (AvgIpc) is 3.20. The lowest BCUT2D eigenvalue weighted by molar-refractivity contribution is -0.124. The van der Waals surface area contributed by atoms with Crippen LogP contribution in [-0.4, -0.2) is 44.3 Å². The molecule has 2 amide bonds. The molecule has 0 aromatic heterocycles. The quantitative estimate of drug-likeness (QED) is 0.665. The predicted octanol–water partition coefficient (Wildman–Crippen LogP) is 3.54. The summed E-state index contributed by atoms with van der Waals surface area (Å²) in [5.41, 5.74) is 3.17. The summed E-state index contributed by atoms with van der Waals surface area (Å²) in [6, 6.07) is 9.55. The van der Waals surface area contributed by atoms with Crippen molar-refractivity contribution in [2.45, 2.75) is 57.9 Å². The Morgan fingerprint density at radius 1 is 1.06 bits per heavy atom. The molecule has 7 nitrogen and oxygen atoms in total. The monoisotopic (exact) mass is 457 g/mol. The summed E-state index contributed by atoms with van der Waals surface area (Å²) < 4.78 is 28.5. The Balaban J connectivity index is 1.75. The SMILES string of the molecule is CCCNC(=O)[C@H]1CCCN1C(=O)c1ccc(NS(=O)(=O)c2c(C)cc(C)cc2C)cc1. The first-order valence-electron chi connectivity index (χ1n) is 10.9. The second-order valence-electron chi connectivity index (χ2n) is 8.36. The van der Waals surface area contributed by atoms with Gasteiger partial charge >= 0.3 is 0 Å². The van der Waals surface area contributed by atoms with Gasteiger partial charge in [-0.15, -0.1) is 0 Å². The minimum absolute atomic E-state index is 0.120. The van der Waals surface area contributed by atoms with Crippen LogP contribution in [0.15, 0.2) is 41.3 Å². The number of hydrogen-bond donors (Lipinski definition) is 2. The third-order valence-corrected chi connectivity index (χ3v) is 7.31. The summed E-state index contributed by atoms with van der Waals surface area (Å²) in [4.78, 5) is 27.2. The molecule has 172 valence electrons. The molecule has 1 fully saturated rings. The van der Waals surface area contributed by atoms with E-state index in [9.17, 15) is 18.0 Å². The van der Waals surface area contributed by atoms with Crippen LogP contribution in [0.4, 0.5) is 5.69 Å². The Morgan fingerprint density at radius 3 is 2.28 bits per heavy atom. The van der Waals surface area contributed by atoms with Crippen molar-refractivity contribution in [1.82, 2.24) is 10.2 Å². The first kappa shape index (κ1) is 23.8. The van der Waals surface area contributed by atoms with Gasteiger partial charge in [-0.25, -0.2) is 8.42 Å². The first-order chi connectivity index (χ1) is 15.1. The van der Waals surface area contributed by atoms with E-state index in [0.29, 0.717) is 41.9 Å². The van der Waals surface area contributed by atoms with Gasteiger partial charge in [0, 0.05) is 24.3 Å². The number of amides is 2. The minimum Gasteiger partial charge on any atom is -0.354 e. The van der Waals surface area contributed by atoms with E-state index in [1.807, 2.05) is 26.0 Å². The molecule has 0 spiro atoms. The number of sulfonamides is 1. The second kappa shape index (κ2) is 9.73. The maximum atomic E-state index is 13.0. The zero-order valence-electron chi connectivity index (χ0n) is 19.1. The zero-order chi connectivity index (χ0) is 23.5. The number of aryl methyl sites for hydroxylation is 3. The number of benzene rings is 2. The van der Waals surface area contributed by atoms with E-state index in [4.69, 9.17) is 0 Å². The molecular weight excluding hydrogens is 426 g/mol. The Hall–Kier alpha value is -2.87. The smallest absolute Gasteiger partial charge is 0.262 e. The summed E-state index contributed by atoms with van der Waals surface area (Å²) in [6.07, 6.45) is 2.27. The Morgan fingerprint density at radius 2 is 1.69 bits per heavy atom. The molecular formula is C24H31N3O4S. The number of nitrogens with one attached hydrogen (secondary N) is 2. The highest BCUT2D eigenvalue weighted by Gasteiger charge is 2.34. The molecule has 2 aromatic rings. The summed E-state index contributed by atoms with van der Waals surface area (Å²) in [5, 5.41) is 2.86. The van der Waals surface area contributed by atoms with Gasteiger partial charge in [-0.2, -0.15) is 0 Å². The molecule has 32 heavy (non-hydrogen) atoms. The van der Waals surface area contributed by atoms with Crippen molar-refractivity contribution in [2.24, 2.45) is 0 Å². The van der Waals surface area contributed by atoms with Crippen LogP contribution in [0.5, 0.6) is 0 Å². The number of carbonyl (C=O) groups excluding carboxylic acids is 2. The van der Waals surface area contributed by atoms with Gasteiger partial charge in [0.2, 0.25) is 5.91 Å². The van der Waals surface area contributed by atoms with Crippen molar-refractivity contribution >= 4 is 27.5 Å². The summed E-state index contributed by atoms with van der Waals surface area (Å²) in [7, 11) is -3.77. The van der Waals surface area contributed by atoms with Crippen molar-refractivity contribution in [3.63, 3.8) is 0 Å². The van der Waals surface area contributed by atoms with Crippen LogP contribution in [0.2, 0.25) is 0 Å². The first-order valence-corrected chi connectivity index (χ1v) is 12.4. The van der Waals surface area contributed by atoms with Crippen molar-refractivity contribution in [3.8, 4) is 0 Å². The Labute approximate surface area is 190 Å². The molecule has 1 aliphatic rings. The number of nitrogens with zero attached hydrogens (tertiary/aromatic N) is 1. The van der Waals surface area contributed by atoms with Crippen LogP contribution in [0.3, 0.4) is 0 Å². The highest BCUT2D eigenvalue weighted by Crippen LogP contribution is 2.25. The van der Waals surface area contributed by atoms with Crippen molar-refractivity contribution in [3.05, 3.63) is 58.7 Å². The number of likely N-dealkylation sites (tertiary alicyclic amines) is 1. The van der Waals surface area contributed by atoms with E-state index < -0.39 is 16.1 Å². The van der Waals surface area contributed by atoms with Crippen LogP contribution < -0.4 is 10.0 Å². The van der Waals surface area contributed by atoms with Crippen LogP contribution in [0, 0.1) is 20.8 Å². The molecule has 2 N–H and O–H groups in total. The molecule has 0 unspecified atom stereocenters. The van der Waals surface area contributed by atoms with Gasteiger partial charge in [0.25, 0.3) is 15.9 Å². The van der Waals surface area contributed by atoms with E-state index in [2.05, 4.69) is 10.0 Å². The fourth-order valence-electron chi connectivity index (χ4n) is 4.29. The fourth-order valence-corrected chi connectivity index (χ4v) is 5.81. The maximum Gasteiger partial charge on any atom is 0.262 e. The van der Waals surface area contributed by atoms with E-state index in [1.165, 1.54) is 0 Å². The number of anilines is 1. The standard InChI is InChI=1S/C24H31N3O4S/c1-5-12-25-23(28)21-7-6-13-27(21)24(29)19-8-10-20(11-9-19)26-32(30,31)22-17(3)14-16(2)15-18(22)4/h8-11,14-15,21,26H,5-7,12-13H2,1-4H3,(H,25,28)/t21-/m1/s1. The van der Waals surface area contributed by atoms with Gasteiger partial charge in [0.1, 0.15) is 6.04 Å². The van der Waals surface area contributed by atoms with Gasteiger partial charge in [-0.05, 0) is 75.4 Å². The Kier molecular flexibility index (Phi) is 7.23. The normalized spacial score (nSPS) is 16.1. The van der Waals surface area contributed by atoms with Gasteiger partial charge in [-0.1, -0.05) is 24.6 Å². The van der Waals surface area contributed by atoms with Gasteiger partial charge in [-0.3, -0.25) is 14.3 Å². The predicted molar refractivity (Wildman–Crippen MR) is 125 cm³/mol. The summed E-state index contributed by atoms with van der Waals surface area (Å²) >= 11 is 0. The molecule has 1 saturated heterocycles. The maximum absolute atomic E-state index is 13.0. The molecule has 0 saturated carbocycles. The molecule has 1 heterocycles. The third-order valence-electron chi connectivity index (χ3n) is 5.62. The topological polar surface area (TPSA) is 95.6 Å². The number of carbonyl (C=O) groups is 2. The summed E-state index contributed by atoms with van der Waals surface area (Å²) in [6.45, 7) is 8.58. The molecule has 2 aromatic carbocycles. The Bertz CT molecular complexity index is 1090. The minimum atomic E-state index is -3.77. The highest BCUT2D eigenvalue weighted by atomic mass is 32.2. The molecule has 1 aliphatic heterocycles. The molecule has 0 aliphatic carbocycles. The van der Waals surface area contributed by atoms with Gasteiger partial charge in [0.05, 0.1) is 4.90 Å². The molecule has 0 bridgehead atoms. The highest BCUT2D eigenvalue weighted by molar-refractivity contribution is 7.92. The van der Waals surface area contributed by atoms with Crippen LogP contribution in [0.25, 0.3) is 0 Å². The van der Waals surface area contributed by atoms with Crippen molar-refractivity contribution in [2.75, 3.05) is 17.8 Å². The molecule has 1 atom stereocenters. The lowest BCUT2D eigenvalue weighted by Crippen LogP contribution is -2.46. The van der Waals surface area contributed by atoms with E-state index in [1.54, 1.807) is 43.0 Å². The van der Waals surface area contributed by atoms with Crippen LogP contribution in [-0.2, 0) is 14.8 Å². The molecule has 3 rings (SSSR count). The van der Waals surface area contributed by atoms with Crippen molar-refractivity contribution < 1.29 is 18.0 Å². The molecule has 8 heteroatoms. The lowest BCUT2D eigenvalue weighted by atomic mass is 10.1. The van der Waals surface area contributed by atoms with E-state index >= 15 is 0 Å². The number of hydrogen-bond acceptors (Lipinski definition) is 4. The van der Waals surface area contributed by atoms with Crippen LogP contribution >= 0.6 is 0 Å². The lowest BCUT2D eigenvalue weighted by Gasteiger charge is -2.24. The van der Waals surface area contributed by atoms with Gasteiger partial charge in [0.15, 0.2) is 0 Å². The zero-order valence-corrected chi connectivity index (χ0v) is 19.9. The summed E-state index contributed by atoms with van der Waals surface area (Å²) in [5.74, 6) is -0.343. The molecule has 0 radical (unpaired) electrons. The average molecular weight is 458 g/mol. The van der Waals surface area contributed by atoms with Crippen molar-refractivity contribution in [1.29, 1.82) is 0 Å². The number of rotatable bonds is 7.